The SMILES string of the molecule is N#Cc1c(-c2ccc(N3CCCC3)cc2)nc(Nc2ccc(Cl)cc2)[nH]c1=O. The average Bonchev–Trinajstić information content (AvgIpc) is 3.24. The van der Waals surface area contributed by atoms with Gasteiger partial charge in [0.2, 0.25) is 5.95 Å². The second-order valence-electron chi connectivity index (χ2n) is 6.62. The number of halogens is 1. The first-order chi connectivity index (χ1) is 13.6. The van der Waals surface area contributed by atoms with Crippen LogP contribution in [0.2, 0.25) is 5.02 Å². The van der Waals surface area contributed by atoms with E-state index in [1.807, 2.05) is 30.3 Å². The highest BCUT2D eigenvalue weighted by molar-refractivity contribution is 6.30. The van der Waals surface area contributed by atoms with Crippen LogP contribution in [0.15, 0.2) is 53.3 Å². The lowest BCUT2D eigenvalue weighted by atomic mass is 10.1. The highest BCUT2D eigenvalue weighted by Gasteiger charge is 2.16. The second kappa shape index (κ2) is 7.75. The molecule has 0 radical (unpaired) electrons. The molecular weight excluding hydrogens is 374 g/mol. The van der Waals surface area contributed by atoms with Gasteiger partial charge in [0.15, 0.2) is 0 Å². The predicted molar refractivity (Wildman–Crippen MR) is 111 cm³/mol. The molecule has 0 spiro atoms. The van der Waals surface area contributed by atoms with Crippen molar-refractivity contribution in [2.45, 2.75) is 12.8 Å². The van der Waals surface area contributed by atoms with Crippen molar-refractivity contribution >= 4 is 28.9 Å². The number of aromatic amines is 1. The fourth-order valence-corrected chi connectivity index (χ4v) is 3.45. The maximum atomic E-state index is 12.4. The molecule has 0 unspecified atom stereocenters. The third kappa shape index (κ3) is 3.71. The summed E-state index contributed by atoms with van der Waals surface area (Å²) in [6.45, 7) is 2.11. The summed E-state index contributed by atoms with van der Waals surface area (Å²) in [5.41, 5.74) is 2.47. The molecule has 0 saturated carbocycles. The summed E-state index contributed by atoms with van der Waals surface area (Å²) in [6, 6.07) is 16.8. The summed E-state index contributed by atoms with van der Waals surface area (Å²) in [5, 5.41) is 13.1. The number of anilines is 3. The smallest absolute Gasteiger partial charge is 0.270 e. The number of benzene rings is 2. The van der Waals surface area contributed by atoms with Crippen molar-refractivity contribution < 1.29 is 0 Å². The maximum absolute atomic E-state index is 12.4. The van der Waals surface area contributed by atoms with Crippen LogP contribution in [0, 0.1) is 11.3 Å². The second-order valence-corrected chi connectivity index (χ2v) is 7.06. The molecule has 2 heterocycles. The molecule has 28 heavy (non-hydrogen) atoms. The predicted octanol–water partition coefficient (Wildman–Crippen LogP) is 4.31. The zero-order valence-corrected chi connectivity index (χ0v) is 15.8. The summed E-state index contributed by atoms with van der Waals surface area (Å²) in [5.74, 6) is 0.268. The minimum Gasteiger partial charge on any atom is -0.372 e. The molecular formula is C21H18ClN5O. The van der Waals surface area contributed by atoms with Gasteiger partial charge in [-0.1, -0.05) is 23.7 Å². The Labute approximate surface area is 167 Å². The first-order valence-corrected chi connectivity index (χ1v) is 9.44. The zero-order valence-electron chi connectivity index (χ0n) is 15.1. The third-order valence-corrected chi connectivity index (χ3v) is 5.00. The normalized spacial score (nSPS) is 13.4. The topological polar surface area (TPSA) is 84.8 Å². The molecule has 7 heteroatoms. The lowest BCUT2D eigenvalue weighted by Gasteiger charge is -2.17. The third-order valence-electron chi connectivity index (χ3n) is 4.75. The molecule has 1 aromatic heterocycles. The van der Waals surface area contributed by atoms with E-state index >= 15 is 0 Å². The number of nitriles is 1. The van der Waals surface area contributed by atoms with E-state index < -0.39 is 5.56 Å². The van der Waals surface area contributed by atoms with Crippen molar-refractivity contribution in [2.75, 3.05) is 23.3 Å². The number of nitrogens with zero attached hydrogens (tertiary/aromatic N) is 3. The van der Waals surface area contributed by atoms with Gasteiger partial charge in [-0.25, -0.2) is 4.98 Å². The van der Waals surface area contributed by atoms with Crippen LogP contribution in [0.3, 0.4) is 0 Å². The number of hydrogen-bond acceptors (Lipinski definition) is 5. The number of nitrogens with one attached hydrogen (secondary N) is 2. The molecule has 4 rings (SSSR count). The van der Waals surface area contributed by atoms with Gasteiger partial charge in [-0.2, -0.15) is 5.26 Å². The fourth-order valence-electron chi connectivity index (χ4n) is 3.32. The fraction of sp³-hybridized carbons (Fsp3) is 0.190. The standard InChI is InChI=1S/C21H18ClN5O/c22-15-5-7-16(8-6-15)24-21-25-19(18(13-23)20(28)26-21)14-3-9-17(10-4-14)27-11-1-2-12-27/h3-10H,1-2,11-12H2,(H2,24,25,26,28). The van der Waals surface area contributed by atoms with Crippen molar-refractivity contribution in [3.8, 4) is 17.3 Å². The van der Waals surface area contributed by atoms with Crippen molar-refractivity contribution in [3.05, 3.63) is 69.5 Å². The van der Waals surface area contributed by atoms with Crippen LogP contribution < -0.4 is 15.8 Å². The molecule has 2 N–H and O–H groups in total. The van der Waals surface area contributed by atoms with E-state index in [1.54, 1.807) is 24.3 Å². The Kier molecular flexibility index (Phi) is 5.00. The van der Waals surface area contributed by atoms with E-state index in [0.717, 1.165) is 30.0 Å². The molecule has 3 aromatic rings. The van der Waals surface area contributed by atoms with E-state index in [0.29, 0.717) is 10.7 Å². The van der Waals surface area contributed by atoms with Gasteiger partial charge in [0.1, 0.15) is 11.6 Å². The van der Waals surface area contributed by atoms with Gasteiger partial charge >= 0.3 is 0 Å². The van der Waals surface area contributed by atoms with Crippen LogP contribution in [0.5, 0.6) is 0 Å². The van der Waals surface area contributed by atoms with Crippen LogP contribution in [-0.2, 0) is 0 Å². The Morgan fingerprint density at radius 2 is 1.75 bits per heavy atom. The van der Waals surface area contributed by atoms with Crippen molar-refractivity contribution in [1.29, 1.82) is 5.26 Å². The molecule has 1 aliphatic heterocycles. The summed E-state index contributed by atoms with van der Waals surface area (Å²) in [4.78, 5) is 21.8. The Balaban J connectivity index is 1.69. The van der Waals surface area contributed by atoms with E-state index in [2.05, 4.69) is 20.2 Å². The Morgan fingerprint density at radius 1 is 1.07 bits per heavy atom. The number of aromatic nitrogens is 2. The van der Waals surface area contributed by atoms with Crippen LogP contribution in [0.1, 0.15) is 18.4 Å². The zero-order chi connectivity index (χ0) is 19.5. The maximum Gasteiger partial charge on any atom is 0.270 e. The molecule has 1 saturated heterocycles. The van der Waals surface area contributed by atoms with Gasteiger partial charge in [-0.15, -0.1) is 0 Å². The van der Waals surface area contributed by atoms with Crippen LogP contribution in [-0.4, -0.2) is 23.1 Å². The van der Waals surface area contributed by atoms with Gasteiger partial charge in [0.25, 0.3) is 5.56 Å². The number of H-pyrrole nitrogens is 1. The average molecular weight is 392 g/mol. The largest absolute Gasteiger partial charge is 0.372 e. The Morgan fingerprint density at radius 3 is 2.39 bits per heavy atom. The quantitative estimate of drug-likeness (QED) is 0.692. The summed E-state index contributed by atoms with van der Waals surface area (Å²) < 4.78 is 0. The minimum atomic E-state index is -0.479. The molecule has 0 atom stereocenters. The molecule has 2 aromatic carbocycles. The van der Waals surface area contributed by atoms with Gasteiger partial charge in [0, 0.05) is 35.1 Å². The molecule has 0 bridgehead atoms. The summed E-state index contributed by atoms with van der Waals surface area (Å²) in [7, 11) is 0. The van der Waals surface area contributed by atoms with Gasteiger partial charge in [-0.3, -0.25) is 9.78 Å². The van der Waals surface area contributed by atoms with Crippen molar-refractivity contribution in [2.24, 2.45) is 0 Å². The first kappa shape index (κ1) is 18.1. The van der Waals surface area contributed by atoms with Crippen LogP contribution >= 0.6 is 11.6 Å². The van der Waals surface area contributed by atoms with Gasteiger partial charge < -0.3 is 10.2 Å². The summed E-state index contributed by atoms with van der Waals surface area (Å²) >= 11 is 5.90. The molecule has 0 aliphatic carbocycles. The molecule has 140 valence electrons. The van der Waals surface area contributed by atoms with E-state index in [4.69, 9.17) is 11.6 Å². The van der Waals surface area contributed by atoms with Crippen molar-refractivity contribution in [3.63, 3.8) is 0 Å². The van der Waals surface area contributed by atoms with E-state index in [1.165, 1.54) is 12.8 Å². The van der Waals surface area contributed by atoms with E-state index in [9.17, 15) is 10.1 Å². The summed E-state index contributed by atoms with van der Waals surface area (Å²) in [6.07, 6.45) is 2.41. The van der Waals surface area contributed by atoms with Crippen LogP contribution in [0.4, 0.5) is 17.3 Å². The van der Waals surface area contributed by atoms with E-state index in [-0.39, 0.29) is 11.5 Å². The Hall–Kier alpha value is -3.30. The first-order valence-electron chi connectivity index (χ1n) is 9.06. The number of hydrogen-bond donors (Lipinski definition) is 2. The Bertz CT molecular complexity index is 1080. The van der Waals surface area contributed by atoms with Gasteiger partial charge in [-0.05, 0) is 49.2 Å². The lowest BCUT2D eigenvalue weighted by molar-refractivity contribution is 0.949. The lowest BCUT2D eigenvalue weighted by Crippen LogP contribution is -2.17. The molecule has 0 amide bonds. The number of rotatable bonds is 4. The van der Waals surface area contributed by atoms with Gasteiger partial charge in [0.05, 0.1) is 5.69 Å². The monoisotopic (exact) mass is 391 g/mol. The molecule has 1 fully saturated rings. The minimum absolute atomic E-state index is 0.00409. The molecule has 6 nitrogen and oxygen atoms in total. The van der Waals surface area contributed by atoms with Crippen LogP contribution in [0.25, 0.3) is 11.3 Å². The highest BCUT2D eigenvalue weighted by Crippen LogP contribution is 2.26. The van der Waals surface area contributed by atoms with Crippen molar-refractivity contribution in [1.82, 2.24) is 9.97 Å². The highest BCUT2D eigenvalue weighted by atomic mass is 35.5. The molecule has 1 aliphatic rings.